The Morgan fingerprint density at radius 1 is 1.42 bits per heavy atom. The monoisotopic (exact) mass is 344 g/mol. The molecule has 0 heterocycles. The first-order valence-electron chi connectivity index (χ1n) is 6.48. The van der Waals surface area contributed by atoms with Crippen LogP contribution in [0.25, 0.3) is 0 Å². The molecule has 0 aliphatic carbocycles. The van der Waals surface area contributed by atoms with E-state index in [9.17, 15) is 4.79 Å². The van der Waals surface area contributed by atoms with E-state index in [2.05, 4.69) is 40.3 Å². The van der Waals surface area contributed by atoms with E-state index in [1.165, 1.54) is 4.90 Å². The second-order valence-electron chi connectivity index (χ2n) is 4.52. The Balaban J connectivity index is 2.33. The van der Waals surface area contributed by atoms with Crippen molar-refractivity contribution in [2.45, 2.75) is 42.9 Å². The number of carbonyl (C=O) groups excluding carboxylic acids is 1. The molecule has 1 aromatic rings. The highest BCUT2D eigenvalue weighted by molar-refractivity contribution is 9.10. The van der Waals surface area contributed by atoms with E-state index in [0.717, 1.165) is 17.3 Å². The van der Waals surface area contributed by atoms with E-state index < -0.39 is 0 Å². The van der Waals surface area contributed by atoms with Gasteiger partial charge in [0.05, 0.1) is 6.04 Å². The highest BCUT2D eigenvalue weighted by Gasteiger charge is 2.13. The minimum atomic E-state index is -0.380. The lowest BCUT2D eigenvalue weighted by molar-refractivity contribution is -0.122. The molecule has 0 radical (unpaired) electrons. The number of rotatable bonds is 7. The molecule has 1 amide bonds. The molecule has 0 bridgehead atoms. The van der Waals surface area contributed by atoms with E-state index in [1.54, 1.807) is 11.8 Å². The maximum absolute atomic E-state index is 11.7. The summed E-state index contributed by atoms with van der Waals surface area (Å²) in [5.41, 5.74) is 5.76. The van der Waals surface area contributed by atoms with E-state index in [0.29, 0.717) is 11.8 Å². The van der Waals surface area contributed by atoms with E-state index >= 15 is 0 Å². The zero-order valence-electron chi connectivity index (χ0n) is 11.4. The molecule has 5 heteroatoms. The van der Waals surface area contributed by atoms with Gasteiger partial charge in [-0.05, 0) is 30.7 Å². The predicted molar refractivity (Wildman–Crippen MR) is 85.4 cm³/mol. The molecule has 2 unspecified atom stereocenters. The van der Waals surface area contributed by atoms with Gasteiger partial charge < -0.3 is 11.1 Å². The zero-order chi connectivity index (χ0) is 14.3. The van der Waals surface area contributed by atoms with Crippen LogP contribution in [0.1, 0.15) is 26.7 Å². The predicted octanol–water partition coefficient (Wildman–Crippen LogP) is 3.17. The molecule has 0 aliphatic heterocycles. The minimum absolute atomic E-state index is 0.0508. The Hall–Kier alpha value is -0.520. The second kappa shape index (κ2) is 8.61. The maximum atomic E-state index is 11.7. The van der Waals surface area contributed by atoms with E-state index in [1.807, 2.05) is 19.1 Å². The topological polar surface area (TPSA) is 55.1 Å². The molecular weight excluding hydrogens is 324 g/mol. The standard InChI is InChI=1S/C14H21BrN2OS/c1-3-4-13(16)14(18)17-9-10(2)19-12-7-5-11(15)6-8-12/h5-8,10,13H,3-4,9,16H2,1-2H3,(H,17,18). The van der Waals surface area contributed by atoms with Gasteiger partial charge >= 0.3 is 0 Å². The number of nitrogens with two attached hydrogens (primary N) is 1. The third-order valence-corrected chi connectivity index (χ3v) is 4.29. The van der Waals surface area contributed by atoms with Crippen LogP contribution >= 0.6 is 27.7 Å². The third kappa shape index (κ3) is 6.45. The average molecular weight is 345 g/mol. The van der Waals surface area contributed by atoms with Gasteiger partial charge in [0.25, 0.3) is 0 Å². The van der Waals surface area contributed by atoms with E-state index in [4.69, 9.17) is 5.73 Å². The number of hydrogen-bond donors (Lipinski definition) is 2. The molecule has 106 valence electrons. The third-order valence-electron chi connectivity index (χ3n) is 2.65. The molecule has 0 spiro atoms. The highest BCUT2D eigenvalue weighted by Crippen LogP contribution is 2.24. The SMILES string of the molecule is CCCC(N)C(=O)NCC(C)Sc1ccc(Br)cc1. The van der Waals surface area contributed by atoms with Crippen LogP contribution in [-0.2, 0) is 4.79 Å². The van der Waals surface area contributed by atoms with Crippen LogP contribution < -0.4 is 11.1 Å². The van der Waals surface area contributed by atoms with Crippen molar-refractivity contribution in [3.05, 3.63) is 28.7 Å². The van der Waals surface area contributed by atoms with Gasteiger partial charge in [0.15, 0.2) is 0 Å². The van der Waals surface area contributed by atoms with Gasteiger partial charge in [-0.2, -0.15) is 0 Å². The molecule has 19 heavy (non-hydrogen) atoms. The first-order valence-corrected chi connectivity index (χ1v) is 8.15. The van der Waals surface area contributed by atoms with Crippen LogP contribution in [0.5, 0.6) is 0 Å². The Morgan fingerprint density at radius 3 is 2.63 bits per heavy atom. The summed E-state index contributed by atoms with van der Waals surface area (Å²) < 4.78 is 1.07. The normalized spacial score (nSPS) is 13.9. The van der Waals surface area contributed by atoms with Crippen molar-refractivity contribution in [1.82, 2.24) is 5.32 Å². The van der Waals surface area contributed by atoms with Gasteiger partial charge in [-0.1, -0.05) is 36.2 Å². The van der Waals surface area contributed by atoms with E-state index in [-0.39, 0.29) is 11.9 Å². The number of amides is 1. The summed E-state index contributed by atoms with van der Waals surface area (Å²) >= 11 is 5.15. The van der Waals surface area contributed by atoms with Gasteiger partial charge in [0.1, 0.15) is 0 Å². The fourth-order valence-corrected chi connectivity index (χ4v) is 2.79. The van der Waals surface area contributed by atoms with Crippen molar-refractivity contribution in [2.75, 3.05) is 6.54 Å². The minimum Gasteiger partial charge on any atom is -0.354 e. The lowest BCUT2D eigenvalue weighted by Crippen LogP contribution is -2.42. The molecule has 0 saturated carbocycles. The summed E-state index contributed by atoms with van der Waals surface area (Å²) in [5.74, 6) is -0.0508. The number of hydrogen-bond acceptors (Lipinski definition) is 3. The summed E-state index contributed by atoms with van der Waals surface area (Å²) in [5, 5.41) is 3.22. The molecule has 3 N–H and O–H groups in total. The highest BCUT2D eigenvalue weighted by atomic mass is 79.9. The number of carbonyl (C=O) groups is 1. The molecule has 0 aliphatic rings. The zero-order valence-corrected chi connectivity index (χ0v) is 13.8. The molecule has 0 aromatic heterocycles. The quantitative estimate of drug-likeness (QED) is 0.747. The molecule has 0 saturated heterocycles. The number of nitrogens with one attached hydrogen (secondary N) is 1. The first-order chi connectivity index (χ1) is 9.02. The van der Waals surface area contributed by atoms with Crippen molar-refractivity contribution in [1.29, 1.82) is 0 Å². The molecule has 3 nitrogen and oxygen atoms in total. The lowest BCUT2D eigenvalue weighted by atomic mass is 10.2. The summed E-state index contributed by atoms with van der Waals surface area (Å²) in [4.78, 5) is 12.9. The average Bonchev–Trinajstić information content (AvgIpc) is 2.39. The molecule has 2 atom stereocenters. The molecular formula is C14H21BrN2OS. The Kier molecular flexibility index (Phi) is 7.49. The van der Waals surface area contributed by atoms with Crippen molar-refractivity contribution in [3.63, 3.8) is 0 Å². The van der Waals surface area contributed by atoms with Gasteiger partial charge in [0, 0.05) is 21.2 Å². The van der Waals surface area contributed by atoms with Gasteiger partial charge in [0.2, 0.25) is 5.91 Å². The fourth-order valence-electron chi connectivity index (χ4n) is 1.60. The van der Waals surface area contributed by atoms with Crippen molar-refractivity contribution < 1.29 is 4.79 Å². The fraction of sp³-hybridized carbons (Fsp3) is 0.500. The van der Waals surface area contributed by atoms with Gasteiger partial charge in [-0.25, -0.2) is 0 Å². The van der Waals surface area contributed by atoms with Crippen molar-refractivity contribution in [2.24, 2.45) is 5.73 Å². The van der Waals surface area contributed by atoms with Crippen LogP contribution in [0.3, 0.4) is 0 Å². The molecule has 1 aromatic carbocycles. The van der Waals surface area contributed by atoms with Crippen LogP contribution in [0.2, 0.25) is 0 Å². The lowest BCUT2D eigenvalue weighted by Gasteiger charge is -2.15. The van der Waals surface area contributed by atoms with Crippen LogP contribution in [-0.4, -0.2) is 23.7 Å². The summed E-state index contributed by atoms with van der Waals surface area (Å²) in [6.45, 7) is 4.76. The van der Waals surface area contributed by atoms with Crippen LogP contribution in [0.15, 0.2) is 33.6 Å². The van der Waals surface area contributed by atoms with Crippen LogP contribution in [0.4, 0.5) is 0 Å². The largest absolute Gasteiger partial charge is 0.354 e. The number of halogens is 1. The smallest absolute Gasteiger partial charge is 0.236 e. The van der Waals surface area contributed by atoms with Crippen molar-refractivity contribution >= 4 is 33.6 Å². The summed E-state index contributed by atoms with van der Waals surface area (Å²) in [6, 6.07) is 7.79. The van der Waals surface area contributed by atoms with Gasteiger partial charge in [-0.3, -0.25) is 4.79 Å². The maximum Gasteiger partial charge on any atom is 0.236 e. The Bertz CT molecular complexity index is 397. The Morgan fingerprint density at radius 2 is 2.05 bits per heavy atom. The van der Waals surface area contributed by atoms with Gasteiger partial charge in [-0.15, -0.1) is 11.8 Å². The van der Waals surface area contributed by atoms with Crippen LogP contribution in [0, 0.1) is 0 Å². The second-order valence-corrected chi connectivity index (χ2v) is 6.95. The van der Waals surface area contributed by atoms with Crippen molar-refractivity contribution in [3.8, 4) is 0 Å². The molecule has 1 rings (SSSR count). The summed E-state index contributed by atoms with van der Waals surface area (Å²) in [6.07, 6.45) is 1.66. The molecule has 0 fully saturated rings. The summed E-state index contributed by atoms with van der Waals surface area (Å²) in [7, 11) is 0. The number of benzene rings is 1. The number of thioether (sulfide) groups is 1. The first kappa shape index (κ1) is 16.5. The Labute approximate surface area is 127 Å².